The van der Waals surface area contributed by atoms with Crippen LogP contribution in [0.25, 0.3) is 0 Å². The van der Waals surface area contributed by atoms with Crippen molar-refractivity contribution >= 4 is 15.9 Å². The van der Waals surface area contributed by atoms with Crippen LogP contribution in [0.4, 0.5) is 8.78 Å². The van der Waals surface area contributed by atoms with Crippen molar-refractivity contribution in [3.05, 3.63) is 51.8 Å². The van der Waals surface area contributed by atoms with E-state index in [0.717, 1.165) is 4.47 Å². The first-order chi connectivity index (χ1) is 9.10. The fraction of sp³-hybridized carbons (Fsp3) is 0.308. The van der Waals surface area contributed by atoms with Gasteiger partial charge in [-0.15, -0.1) is 0 Å². The SMILES string of the molecule is CCn1ncc(Br)c1C(NC)c1c(F)cccc1F. The summed E-state index contributed by atoms with van der Waals surface area (Å²) in [4.78, 5) is 0. The van der Waals surface area contributed by atoms with Crippen LogP contribution in [-0.2, 0) is 6.54 Å². The molecule has 102 valence electrons. The highest BCUT2D eigenvalue weighted by molar-refractivity contribution is 9.10. The molecule has 2 aromatic rings. The van der Waals surface area contributed by atoms with Gasteiger partial charge in [0.2, 0.25) is 0 Å². The molecule has 1 aromatic heterocycles. The number of nitrogens with zero attached hydrogens (tertiary/aromatic N) is 2. The maximum atomic E-state index is 13.9. The molecule has 0 saturated heterocycles. The van der Waals surface area contributed by atoms with Crippen LogP contribution in [0, 0.1) is 11.6 Å². The Hall–Kier alpha value is -1.27. The first kappa shape index (κ1) is 14.1. The second kappa shape index (κ2) is 5.79. The molecule has 1 N–H and O–H groups in total. The van der Waals surface area contributed by atoms with Gasteiger partial charge in [0.05, 0.1) is 22.4 Å². The van der Waals surface area contributed by atoms with Gasteiger partial charge in [-0.1, -0.05) is 6.07 Å². The molecular formula is C13H14BrF2N3. The van der Waals surface area contributed by atoms with E-state index < -0.39 is 17.7 Å². The Morgan fingerprint density at radius 3 is 2.53 bits per heavy atom. The lowest BCUT2D eigenvalue weighted by Gasteiger charge is -2.20. The molecule has 1 heterocycles. The Balaban J connectivity index is 2.59. The second-order valence-corrected chi connectivity index (χ2v) is 4.90. The zero-order valence-corrected chi connectivity index (χ0v) is 12.2. The van der Waals surface area contributed by atoms with Crippen molar-refractivity contribution in [3.63, 3.8) is 0 Å². The summed E-state index contributed by atoms with van der Waals surface area (Å²) in [5.41, 5.74) is 0.704. The molecule has 0 amide bonds. The van der Waals surface area contributed by atoms with Crippen molar-refractivity contribution in [2.75, 3.05) is 7.05 Å². The Labute approximate surface area is 118 Å². The summed E-state index contributed by atoms with van der Waals surface area (Å²) in [6, 6.07) is 3.26. The number of benzene rings is 1. The molecule has 1 aromatic carbocycles. The maximum absolute atomic E-state index is 13.9. The molecule has 2 rings (SSSR count). The number of hydrogen-bond acceptors (Lipinski definition) is 2. The van der Waals surface area contributed by atoms with Crippen LogP contribution in [0.1, 0.15) is 24.2 Å². The van der Waals surface area contributed by atoms with Gasteiger partial charge < -0.3 is 5.32 Å². The predicted molar refractivity (Wildman–Crippen MR) is 72.9 cm³/mol. The maximum Gasteiger partial charge on any atom is 0.131 e. The van der Waals surface area contributed by atoms with Gasteiger partial charge in [0, 0.05) is 12.1 Å². The van der Waals surface area contributed by atoms with Crippen molar-refractivity contribution < 1.29 is 8.78 Å². The molecule has 0 fully saturated rings. The van der Waals surface area contributed by atoms with Crippen molar-refractivity contribution in [1.29, 1.82) is 0 Å². The van der Waals surface area contributed by atoms with Crippen molar-refractivity contribution in [2.45, 2.75) is 19.5 Å². The Morgan fingerprint density at radius 2 is 2.00 bits per heavy atom. The van der Waals surface area contributed by atoms with Crippen LogP contribution in [-0.4, -0.2) is 16.8 Å². The van der Waals surface area contributed by atoms with E-state index in [1.54, 1.807) is 17.9 Å². The number of aromatic nitrogens is 2. The highest BCUT2D eigenvalue weighted by Crippen LogP contribution is 2.31. The van der Waals surface area contributed by atoms with Gasteiger partial charge >= 0.3 is 0 Å². The molecule has 0 spiro atoms. The molecule has 0 aliphatic heterocycles. The molecule has 6 heteroatoms. The Kier molecular flexibility index (Phi) is 4.31. The summed E-state index contributed by atoms with van der Waals surface area (Å²) in [7, 11) is 1.66. The Bertz CT molecular complexity index is 563. The highest BCUT2D eigenvalue weighted by Gasteiger charge is 2.25. The third-order valence-electron chi connectivity index (χ3n) is 2.98. The second-order valence-electron chi connectivity index (χ2n) is 4.05. The fourth-order valence-corrected chi connectivity index (χ4v) is 2.64. The van der Waals surface area contributed by atoms with Gasteiger partial charge in [0.25, 0.3) is 0 Å². The summed E-state index contributed by atoms with van der Waals surface area (Å²) in [6.07, 6.45) is 1.63. The van der Waals surface area contributed by atoms with E-state index in [0.29, 0.717) is 12.2 Å². The topological polar surface area (TPSA) is 29.9 Å². The lowest BCUT2D eigenvalue weighted by molar-refractivity contribution is 0.496. The van der Waals surface area contributed by atoms with Crippen LogP contribution < -0.4 is 5.32 Å². The number of hydrogen-bond donors (Lipinski definition) is 1. The van der Waals surface area contributed by atoms with Gasteiger partial charge in [-0.2, -0.15) is 5.10 Å². The van der Waals surface area contributed by atoms with Gasteiger partial charge in [0.1, 0.15) is 11.6 Å². The first-order valence-electron chi connectivity index (χ1n) is 5.92. The number of halogens is 3. The van der Waals surface area contributed by atoms with E-state index in [4.69, 9.17) is 0 Å². The zero-order valence-electron chi connectivity index (χ0n) is 10.6. The van der Waals surface area contributed by atoms with E-state index in [1.165, 1.54) is 18.2 Å². The van der Waals surface area contributed by atoms with E-state index >= 15 is 0 Å². The number of aryl methyl sites for hydroxylation is 1. The van der Waals surface area contributed by atoms with Crippen LogP contribution in [0.15, 0.2) is 28.9 Å². The average Bonchev–Trinajstić information content (AvgIpc) is 2.75. The van der Waals surface area contributed by atoms with Gasteiger partial charge in [0.15, 0.2) is 0 Å². The van der Waals surface area contributed by atoms with Gasteiger partial charge in [-0.3, -0.25) is 4.68 Å². The molecule has 0 bridgehead atoms. The van der Waals surface area contributed by atoms with E-state index in [2.05, 4.69) is 26.3 Å². The molecule has 19 heavy (non-hydrogen) atoms. The van der Waals surface area contributed by atoms with Crippen LogP contribution in [0.5, 0.6) is 0 Å². The van der Waals surface area contributed by atoms with E-state index in [1.807, 2.05) is 6.92 Å². The smallest absolute Gasteiger partial charge is 0.131 e. The minimum atomic E-state index is -0.599. The van der Waals surface area contributed by atoms with Crippen molar-refractivity contribution in [3.8, 4) is 0 Å². The van der Waals surface area contributed by atoms with E-state index in [-0.39, 0.29) is 5.56 Å². The molecule has 0 radical (unpaired) electrons. The standard InChI is InChI=1S/C13H14BrF2N3/c1-3-19-13(8(14)7-18-19)12(17-2)11-9(15)5-4-6-10(11)16/h4-7,12,17H,3H2,1-2H3. The highest BCUT2D eigenvalue weighted by atomic mass is 79.9. The molecule has 3 nitrogen and oxygen atoms in total. The normalized spacial score (nSPS) is 12.7. The molecule has 1 unspecified atom stereocenters. The minimum Gasteiger partial charge on any atom is -0.308 e. The monoisotopic (exact) mass is 329 g/mol. The molecular weight excluding hydrogens is 316 g/mol. The predicted octanol–water partition coefficient (Wildman–Crippen LogP) is 3.25. The van der Waals surface area contributed by atoms with Crippen LogP contribution >= 0.6 is 15.9 Å². The van der Waals surface area contributed by atoms with Crippen LogP contribution in [0.3, 0.4) is 0 Å². The van der Waals surface area contributed by atoms with E-state index in [9.17, 15) is 8.78 Å². The molecule has 0 saturated carbocycles. The third-order valence-corrected chi connectivity index (χ3v) is 3.59. The first-order valence-corrected chi connectivity index (χ1v) is 6.71. The fourth-order valence-electron chi connectivity index (χ4n) is 2.12. The van der Waals surface area contributed by atoms with Crippen LogP contribution in [0.2, 0.25) is 0 Å². The zero-order chi connectivity index (χ0) is 14.0. The van der Waals surface area contributed by atoms with Gasteiger partial charge in [-0.25, -0.2) is 8.78 Å². The molecule has 0 aliphatic carbocycles. The minimum absolute atomic E-state index is 0.000833. The quantitative estimate of drug-likeness (QED) is 0.933. The summed E-state index contributed by atoms with van der Waals surface area (Å²) < 4.78 is 30.3. The average molecular weight is 330 g/mol. The third kappa shape index (κ3) is 2.55. The lowest BCUT2D eigenvalue weighted by Crippen LogP contribution is -2.24. The Morgan fingerprint density at radius 1 is 1.37 bits per heavy atom. The molecule has 1 atom stereocenters. The summed E-state index contributed by atoms with van der Waals surface area (Å²) >= 11 is 3.38. The summed E-state index contributed by atoms with van der Waals surface area (Å²) in [5.74, 6) is -1.15. The van der Waals surface area contributed by atoms with Crippen molar-refractivity contribution in [1.82, 2.24) is 15.1 Å². The number of nitrogens with one attached hydrogen (secondary N) is 1. The largest absolute Gasteiger partial charge is 0.308 e. The summed E-state index contributed by atoms with van der Waals surface area (Å²) in [6.45, 7) is 2.54. The summed E-state index contributed by atoms with van der Waals surface area (Å²) in [5, 5.41) is 7.12. The number of rotatable bonds is 4. The van der Waals surface area contributed by atoms with Gasteiger partial charge in [-0.05, 0) is 42.0 Å². The lowest BCUT2D eigenvalue weighted by atomic mass is 10.0. The van der Waals surface area contributed by atoms with Crippen molar-refractivity contribution in [2.24, 2.45) is 0 Å². The molecule has 0 aliphatic rings.